The van der Waals surface area contributed by atoms with E-state index in [1.165, 1.54) is 4.90 Å². The Kier molecular flexibility index (Phi) is 5.08. The van der Waals surface area contributed by atoms with Crippen molar-refractivity contribution in [1.29, 1.82) is 0 Å². The minimum Gasteiger partial charge on any atom is -0.460 e. The average Bonchev–Trinajstić information content (AvgIpc) is 3.16. The summed E-state index contributed by atoms with van der Waals surface area (Å²) in [5, 5.41) is 21.2. The van der Waals surface area contributed by atoms with Crippen molar-refractivity contribution in [2.24, 2.45) is 33.3 Å². The summed E-state index contributed by atoms with van der Waals surface area (Å²) in [5.74, 6) is -3.28. The molecule has 6 N–H and O–H groups in total. The van der Waals surface area contributed by atoms with Gasteiger partial charge in [0.05, 0.1) is 19.1 Å². The molecule has 3 heterocycles. The zero-order chi connectivity index (χ0) is 22.7. The van der Waals surface area contributed by atoms with Crippen LogP contribution in [-0.2, 0) is 9.53 Å². The van der Waals surface area contributed by atoms with Crippen LogP contribution in [0.1, 0.15) is 26.2 Å². The molecule has 1 spiro atoms. The fraction of sp³-hybridized carbons (Fsp3) is 0.722. The first-order chi connectivity index (χ1) is 14.5. The van der Waals surface area contributed by atoms with Crippen LogP contribution in [0.15, 0.2) is 21.6 Å². The van der Waals surface area contributed by atoms with E-state index < -0.39 is 60.0 Å². The van der Waals surface area contributed by atoms with E-state index in [4.69, 9.17) is 16.2 Å². The van der Waals surface area contributed by atoms with Crippen LogP contribution in [0, 0.1) is 11.8 Å². The number of aliphatic hydroxyl groups excluding tert-OH is 1. The molecule has 10 nitrogen and oxygen atoms in total. The largest absolute Gasteiger partial charge is 0.460 e. The van der Waals surface area contributed by atoms with Crippen molar-refractivity contribution in [3.8, 4) is 0 Å². The zero-order valence-corrected chi connectivity index (χ0v) is 16.8. The molecule has 4 aliphatic rings. The van der Waals surface area contributed by atoms with Crippen molar-refractivity contribution in [1.82, 2.24) is 9.96 Å². The van der Waals surface area contributed by atoms with Crippen LogP contribution < -0.4 is 11.5 Å². The number of allylic oxidation sites excluding steroid dienone is 1. The number of hydrogen-bond donors (Lipinski definition) is 4. The lowest BCUT2D eigenvalue weighted by Gasteiger charge is -2.49. The molecule has 3 aliphatic heterocycles. The second kappa shape index (κ2) is 7.26. The summed E-state index contributed by atoms with van der Waals surface area (Å²) in [7, 11) is 0. The maximum Gasteiger partial charge on any atom is 0.413 e. The molecule has 172 valence electrons. The maximum atomic E-state index is 13.4. The number of nitrogens with two attached hydrogens (primary N) is 2. The minimum atomic E-state index is -4.62. The molecule has 1 fully saturated rings. The van der Waals surface area contributed by atoms with Gasteiger partial charge in [0.25, 0.3) is 0 Å². The molecule has 0 bridgehead atoms. The average molecular weight is 446 g/mol. The van der Waals surface area contributed by atoms with Crippen LogP contribution in [-0.4, -0.2) is 81.3 Å². The zero-order valence-electron chi connectivity index (χ0n) is 16.8. The fourth-order valence-electron chi connectivity index (χ4n) is 5.24. The standard InChI is InChI=1S/C18H25F3N6O4/c1-8-12(31-14(29)9-4-2-3-5-10(9)18(19,20)21)6-26-15(22)24-11(7-28)13-17(8,26)27(30)16(23)25-13/h5,8-9,11-13,28,30H,2-4,6-7H2,1H3,(H2,22,24)(H2,23,25). The number of hydrogen-bond acceptors (Lipinski definition) is 10. The molecular weight excluding hydrogens is 421 g/mol. The summed E-state index contributed by atoms with van der Waals surface area (Å²) in [6.07, 6.45) is -3.74. The SMILES string of the molecule is CC1C(OC(=O)C2CCCC=C2C(F)(F)F)CN2C(N)=NC(CO)C3N=C(N)N(O)C132. The molecule has 0 amide bonds. The molecular formula is C18H25F3N6O4. The number of hydroxylamine groups is 2. The molecule has 0 aromatic rings. The number of rotatable bonds is 3. The summed E-state index contributed by atoms with van der Waals surface area (Å²) in [5.41, 5.74) is 9.63. The summed E-state index contributed by atoms with van der Waals surface area (Å²) in [6.45, 7) is 1.23. The predicted octanol–water partition coefficient (Wildman–Crippen LogP) is -0.0877. The van der Waals surface area contributed by atoms with Gasteiger partial charge in [-0.15, -0.1) is 0 Å². The first-order valence-corrected chi connectivity index (χ1v) is 10.0. The van der Waals surface area contributed by atoms with E-state index in [0.29, 0.717) is 6.42 Å². The highest BCUT2D eigenvalue weighted by molar-refractivity contribution is 5.86. The monoisotopic (exact) mass is 446 g/mol. The Bertz CT molecular complexity index is 862. The van der Waals surface area contributed by atoms with Gasteiger partial charge in [0.2, 0.25) is 5.96 Å². The van der Waals surface area contributed by atoms with Crippen LogP contribution in [0.25, 0.3) is 0 Å². The van der Waals surface area contributed by atoms with E-state index in [1.807, 2.05) is 0 Å². The number of esters is 1. The highest BCUT2D eigenvalue weighted by atomic mass is 19.4. The van der Waals surface area contributed by atoms with Gasteiger partial charge in [0, 0.05) is 11.5 Å². The molecule has 1 aliphatic carbocycles. The lowest BCUT2D eigenvalue weighted by Crippen LogP contribution is -2.71. The van der Waals surface area contributed by atoms with Gasteiger partial charge in [-0.25, -0.2) is 9.98 Å². The van der Waals surface area contributed by atoms with Crippen molar-refractivity contribution in [2.75, 3.05) is 13.2 Å². The highest BCUT2D eigenvalue weighted by Gasteiger charge is 2.68. The van der Waals surface area contributed by atoms with Gasteiger partial charge in [0.1, 0.15) is 18.2 Å². The lowest BCUT2D eigenvalue weighted by molar-refractivity contribution is -0.176. The number of nitrogens with zero attached hydrogens (tertiary/aromatic N) is 4. The number of carbonyl (C=O) groups is 1. The first-order valence-electron chi connectivity index (χ1n) is 10.0. The van der Waals surface area contributed by atoms with Gasteiger partial charge in [-0.3, -0.25) is 10.0 Å². The summed E-state index contributed by atoms with van der Waals surface area (Å²) < 4.78 is 45.7. The van der Waals surface area contributed by atoms with E-state index in [2.05, 4.69) is 9.98 Å². The van der Waals surface area contributed by atoms with Gasteiger partial charge in [0.15, 0.2) is 11.6 Å². The van der Waals surface area contributed by atoms with Crippen molar-refractivity contribution in [3.63, 3.8) is 0 Å². The summed E-state index contributed by atoms with van der Waals surface area (Å²) >= 11 is 0. The van der Waals surface area contributed by atoms with E-state index in [9.17, 15) is 28.3 Å². The Labute approximate surface area is 176 Å². The molecule has 6 atom stereocenters. The Hall–Kier alpha value is -2.54. The van der Waals surface area contributed by atoms with E-state index >= 15 is 0 Å². The van der Waals surface area contributed by atoms with Gasteiger partial charge in [-0.1, -0.05) is 13.0 Å². The molecule has 0 aromatic carbocycles. The van der Waals surface area contributed by atoms with E-state index in [-0.39, 0.29) is 31.3 Å². The predicted molar refractivity (Wildman–Crippen MR) is 101 cm³/mol. The van der Waals surface area contributed by atoms with Crippen molar-refractivity contribution in [3.05, 3.63) is 11.6 Å². The molecule has 1 saturated heterocycles. The Morgan fingerprint density at radius 2 is 2.06 bits per heavy atom. The minimum absolute atomic E-state index is 0.0156. The lowest BCUT2D eigenvalue weighted by atomic mass is 9.82. The van der Waals surface area contributed by atoms with Gasteiger partial charge in [-0.05, 0) is 19.3 Å². The first kappa shape index (κ1) is 21.7. The molecule has 31 heavy (non-hydrogen) atoms. The Morgan fingerprint density at radius 3 is 2.71 bits per heavy atom. The molecule has 6 unspecified atom stereocenters. The molecule has 0 aromatic heterocycles. The number of aliphatic hydroxyl groups is 1. The number of aliphatic imine (C=N–C) groups is 2. The molecule has 0 saturated carbocycles. The van der Waals surface area contributed by atoms with E-state index in [1.54, 1.807) is 6.92 Å². The maximum absolute atomic E-state index is 13.4. The van der Waals surface area contributed by atoms with Gasteiger partial charge < -0.3 is 26.2 Å². The van der Waals surface area contributed by atoms with Crippen LogP contribution in [0.4, 0.5) is 13.2 Å². The highest BCUT2D eigenvalue weighted by Crippen LogP contribution is 2.48. The Morgan fingerprint density at radius 1 is 1.35 bits per heavy atom. The summed E-state index contributed by atoms with van der Waals surface area (Å²) in [6, 6.07) is -1.60. The normalized spacial score (nSPS) is 37.6. The van der Waals surface area contributed by atoms with Gasteiger partial charge in [-0.2, -0.15) is 18.2 Å². The van der Waals surface area contributed by atoms with Gasteiger partial charge >= 0.3 is 12.1 Å². The van der Waals surface area contributed by atoms with Crippen LogP contribution in [0.2, 0.25) is 0 Å². The quantitative estimate of drug-likeness (QED) is 0.347. The molecule has 0 radical (unpaired) electrons. The van der Waals surface area contributed by atoms with E-state index in [0.717, 1.165) is 11.1 Å². The topological polar surface area (TPSA) is 150 Å². The van der Waals surface area contributed by atoms with Crippen molar-refractivity contribution < 1.29 is 33.0 Å². The van der Waals surface area contributed by atoms with Crippen LogP contribution in [0.3, 0.4) is 0 Å². The fourth-order valence-corrected chi connectivity index (χ4v) is 5.24. The van der Waals surface area contributed by atoms with Crippen LogP contribution >= 0.6 is 0 Å². The number of guanidine groups is 2. The number of carbonyl (C=O) groups excluding carboxylic acids is 1. The molecule has 4 rings (SSSR count). The van der Waals surface area contributed by atoms with Crippen molar-refractivity contribution in [2.45, 2.75) is 56.2 Å². The third kappa shape index (κ3) is 3.04. The number of ether oxygens (including phenoxy) is 1. The Balaban J connectivity index is 1.62. The van der Waals surface area contributed by atoms with Crippen LogP contribution in [0.5, 0.6) is 0 Å². The third-order valence-corrected chi connectivity index (χ3v) is 6.73. The second-order valence-corrected chi connectivity index (χ2v) is 8.28. The second-order valence-electron chi connectivity index (χ2n) is 8.28. The van der Waals surface area contributed by atoms with Crippen molar-refractivity contribution >= 4 is 17.9 Å². The number of halogens is 3. The third-order valence-electron chi connectivity index (χ3n) is 6.73. The summed E-state index contributed by atoms with van der Waals surface area (Å²) in [4.78, 5) is 22.7. The smallest absolute Gasteiger partial charge is 0.413 e. The molecule has 13 heteroatoms. The number of alkyl halides is 3.